The van der Waals surface area contributed by atoms with Gasteiger partial charge >= 0.3 is 0 Å². The van der Waals surface area contributed by atoms with Crippen LogP contribution >= 0.6 is 0 Å². The highest BCUT2D eigenvalue weighted by atomic mass is 19.1. The third-order valence-electron chi connectivity index (χ3n) is 2.15. The summed E-state index contributed by atoms with van der Waals surface area (Å²) in [5, 5.41) is 9.26. The van der Waals surface area contributed by atoms with Crippen molar-refractivity contribution in [2.75, 3.05) is 6.67 Å². The first kappa shape index (κ1) is 9.20. The van der Waals surface area contributed by atoms with Gasteiger partial charge in [-0.15, -0.1) is 0 Å². The third kappa shape index (κ3) is 1.64. The maximum Gasteiger partial charge on any atom is 0.119 e. The van der Waals surface area contributed by atoms with Gasteiger partial charge in [-0.25, -0.2) is 4.39 Å². The van der Waals surface area contributed by atoms with Crippen LogP contribution in [-0.4, -0.2) is 11.8 Å². The van der Waals surface area contributed by atoms with Crippen LogP contribution in [0, 0.1) is 13.8 Å². The average molecular weight is 168 g/mol. The maximum atomic E-state index is 12.1. The molecule has 0 aliphatic rings. The molecule has 12 heavy (non-hydrogen) atoms. The lowest BCUT2D eigenvalue weighted by atomic mass is 10.00. The second-order valence-corrected chi connectivity index (χ2v) is 2.96. The molecular weight excluding hydrogens is 155 g/mol. The van der Waals surface area contributed by atoms with Crippen LogP contribution in [0.5, 0.6) is 0 Å². The molecule has 1 aromatic rings. The van der Waals surface area contributed by atoms with E-state index in [2.05, 4.69) is 0 Å². The average Bonchev–Trinajstić information content (AvgIpc) is 2.08. The van der Waals surface area contributed by atoms with Gasteiger partial charge in [-0.1, -0.05) is 18.2 Å². The molecule has 0 saturated heterocycles. The summed E-state index contributed by atoms with van der Waals surface area (Å²) in [6, 6.07) is 5.53. The summed E-state index contributed by atoms with van der Waals surface area (Å²) < 4.78 is 12.1. The van der Waals surface area contributed by atoms with Crippen LogP contribution in [0.4, 0.5) is 4.39 Å². The van der Waals surface area contributed by atoms with E-state index in [4.69, 9.17) is 0 Å². The van der Waals surface area contributed by atoms with E-state index < -0.39 is 12.8 Å². The van der Waals surface area contributed by atoms with Gasteiger partial charge in [0.15, 0.2) is 0 Å². The molecule has 1 nitrogen and oxygen atoms in total. The summed E-state index contributed by atoms with van der Waals surface area (Å²) in [6.45, 7) is 3.12. The van der Waals surface area contributed by atoms with Crippen LogP contribution in [0.2, 0.25) is 0 Å². The largest absolute Gasteiger partial charge is 0.386 e. The normalized spacial score (nSPS) is 13.0. The standard InChI is InChI=1S/C10H13FO/c1-7-4-3-5-9(8(7)2)10(12)6-11/h3-5,10,12H,6H2,1-2H3. The van der Waals surface area contributed by atoms with E-state index in [0.29, 0.717) is 5.56 Å². The lowest BCUT2D eigenvalue weighted by molar-refractivity contribution is 0.141. The third-order valence-corrected chi connectivity index (χ3v) is 2.15. The van der Waals surface area contributed by atoms with Crippen LogP contribution in [0.15, 0.2) is 18.2 Å². The Morgan fingerprint density at radius 1 is 1.42 bits per heavy atom. The van der Waals surface area contributed by atoms with Crippen molar-refractivity contribution < 1.29 is 9.50 Å². The zero-order valence-corrected chi connectivity index (χ0v) is 7.34. The zero-order valence-electron chi connectivity index (χ0n) is 7.34. The SMILES string of the molecule is Cc1cccc(C(O)CF)c1C. The van der Waals surface area contributed by atoms with Crippen LogP contribution in [0.3, 0.4) is 0 Å². The van der Waals surface area contributed by atoms with E-state index in [1.165, 1.54) is 0 Å². The van der Waals surface area contributed by atoms with Gasteiger partial charge in [0.05, 0.1) is 0 Å². The Kier molecular flexibility index (Phi) is 2.82. The predicted molar refractivity (Wildman–Crippen MR) is 46.9 cm³/mol. The van der Waals surface area contributed by atoms with Crippen LogP contribution < -0.4 is 0 Å². The first-order chi connectivity index (χ1) is 5.66. The fourth-order valence-corrected chi connectivity index (χ4v) is 1.22. The molecule has 1 rings (SSSR count). The summed E-state index contributed by atoms with van der Waals surface area (Å²) in [7, 11) is 0. The minimum atomic E-state index is -0.968. The Morgan fingerprint density at radius 2 is 2.08 bits per heavy atom. The van der Waals surface area contributed by atoms with Gasteiger partial charge in [0.1, 0.15) is 12.8 Å². The van der Waals surface area contributed by atoms with Gasteiger partial charge in [0.2, 0.25) is 0 Å². The molecule has 1 aromatic carbocycles. The van der Waals surface area contributed by atoms with E-state index in [1.807, 2.05) is 26.0 Å². The number of aliphatic hydroxyl groups excluding tert-OH is 1. The minimum absolute atomic E-state index is 0.692. The zero-order chi connectivity index (χ0) is 9.14. The van der Waals surface area contributed by atoms with Gasteiger partial charge in [-0.2, -0.15) is 0 Å². The van der Waals surface area contributed by atoms with E-state index in [1.54, 1.807) is 6.07 Å². The molecule has 0 aliphatic heterocycles. The van der Waals surface area contributed by atoms with E-state index in [9.17, 15) is 9.50 Å². The summed E-state index contributed by atoms with van der Waals surface area (Å²) >= 11 is 0. The van der Waals surface area contributed by atoms with E-state index in [-0.39, 0.29) is 0 Å². The Hall–Kier alpha value is -0.890. The molecule has 1 N–H and O–H groups in total. The number of halogens is 1. The lowest BCUT2D eigenvalue weighted by Gasteiger charge is -2.11. The molecule has 2 heteroatoms. The number of alkyl halides is 1. The fraction of sp³-hybridized carbons (Fsp3) is 0.400. The molecule has 0 fully saturated rings. The summed E-state index contributed by atoms with van der Waals surface area (Å²) in [5.74, 6) is 0. The Morgan fingerprint density at radius 3 is 2.67 bits per heavy atom. The molecule has 1 atom stereocenters. The smallest absolute Gasteiger partial charge is 0.119 e. The first-order valence-corrected chi connectivity index (χ1v) is 3.97. The summed E-state index contributed by atoms with van der Waals surface area (Å²) in [6.07, 6.45) is -0.968. The fourth-order valence-electron chi connectivity index (χ4n) is 1.22. The van der Waals surface area contributed by atoms with Crippen molar-refractivity contribution in [3.8, 4) is 0 Å². The number of rotatable bonds is 2. The Balaban J connectivity index is 3.07. The molecule has 0 heterocycles. The molecule has 0 spiro atoms. The number of hydrogen-bond acceptors (Lipinski definition) is 1. The highest BCUT2D eigenvalue weighted by molar-refractivity contribution is 5.34. The molecule has 0 aromatic heterocycles. The second kappa shape index (κ2) is 3.68. The molecule has 0 radical (unpaired) electrons. The molecule has 1 unspecified atom stereocenters. The van der Waals surface area contributed by atoms with Crippen LogP contribution in [0.1, 0.15) is 22.8 Å². The first-order valence-electron chi connectivity index (χ1n) is 3.97. The Labute approximate surface area is 71.9 Å². The number of hydrogen-bond donors (Lipinski definition) is 1. The van der Waals surface area contributed by atoms with Crippen molar-refractivity contribution in [3.63, 3.8) is 0 Å². The molecule has 0 aliphatic carbocycles. The van der Waals surface area contributed by atoms with Gasteiger partial charge in [0.25, 0.3) is 0 Å². The number of benzene rings is 1. The topological polar surface area (TPSA) is 20.2 Å². The van der Waals surface area contributed by atoms with Crippen molar-refractivity contribution in [2.45, 2.75) is 20.0 Å². The second-order valence-electron chi connectivity index (χ2n) is 2.96. The van der Waals surface area contributed by atoms with Crippen molar-refractivity contribution in [1.82, 2.24) is 0 Å². The summed E-state index contributed by atoms with van der Waals surface area (Å²) in [5.41, 5.74) is 2.75. The monoisotopic (exact) mass is 168 g/mol. The van der Waals surface area contributed by atoms with E-state index >= 15 is 0 Å². The predicted octanol–water partition coefficient (Wildman–Crippen LogP) is 2.31. The number of aliphatic hydroxyl groups is 1. The molecule has 0 amide bonds. The van der Waals surface area contributed by atoms with Gasteiger partial charge in [0, 0.05) is 0 Å². The highest BCUT2D eigenvalue weighted by Crippen LogP contribution is 2.20. The van der Waals surface area contributed by atoms with Gasteiger partial charge < -0.3 is 5.11 Å². The van der Waals surface area contributed by atoms with Crippen molar-refractivity contribution in [3.05, 3.63) is 34.9 Å². The van der Waals surface area contributed by atoms with Crippen molar-refractivity contribution in [2.24, 2.45) is 0 Å². The molecule has 66 valence electrons. The van der Waals surface area contributed by atoms with Crippen LogP contribution in [0.25, 0.3) is 0 Å². The maximum absolute atomic E-state index is 12.1. The lowest BCUT2D eigenvalue weighted by Crippen LogP contribution is -2.02. The van der Waals surface area contributed by atoms with Crippen molar-refractivity contribution >= 4 is 0 Å². The van der Waals surface area contributed by atoms with Crippen molar-refractivity contribution in [1.29, 1.82) is 0 Å². The van der Waals surface area contributed by atoms with Crippen LogP contribution in [-0.2, 0) is 0 Å². The quantitative estimate of drug-likeness (QED) is 0.718. The Bertz CT molecular complexity index is 271. The van der Waals surface area contributed by atoms with Gasteiger partial charge in [-0.3, -0.25) is 0 Å². The molecule has 0 saturated carbocycles. The van der Waals surface area contributed by atoms with Gasteiger partial charge in [-0.05, 0) is 30.5 Å². The summed E-state index contributed by atoms with van der Waals surface area (Å²) in [4.78, 5) is 0. The minimum Gasteiger partial charge on any atom is -0.386 e. The van der Waals surface area contributed by atoms with E-state index in [0.717, 1.165) is 11.1 Å². The molecule has 0 bridgehead atoms. The number of aryl methyl sites for hydroxylation is 1. The molecular formula is C10H13FO. The highest BCUT2D eigenvalue weighted by Gasteiger charge is 2.09.